The zero-order valence-corrected chi connectivity index (χ0v) is 18.3. The number of amides is 2. The average Bonchev–Trinajstić information content (AvgIpc) is 3.18. The van der Waals surface area contributed by atoms with Gasteiger partial charge in [-0.15, -0.1) is 0 Å². The summed E-state index contributed by atoms with van der Waals surface area (Å²) in [5.74, 6) is -1.33. The van der Waals surface area contributed by atoms with Crippen LogP contribution in [0.4, 0.5) is 5.69 Å². The first-order chi connectivity index (χ1) is 15.9. The number of aryl methyl sites for hydroxylation is 1. The highest BCUT2D eigenvalue weighted by molar-refractivity contribution is 6.15. The summed E-state index contributed by atoms with van der Waals surface area (Å²) < 4.78 is 11.0. The van der Waals surface area contributed by atoms with Crippen LogP contribution in [-0.4, -0.2) is 35.4 Å². The van der Waals surface area contributed by atoms with E-state index in [0.717, 1.165) is 12.0 Å². The smallest absolute Gasteiger partial charge is 0.354 e. The third-order valence-corrected chi connectivity index (χ3v) is 6.53. The topological polar surface area (TPSA) is 97.1 Å². The lowest BCUT2D eigenvalue weighted by Gasteiger charge is -2.46. The van der Waals surface area contributed by atoms with Crippen molar-refractivity contribution in [2.45, 2.75) is 38.5 Å². The molecule has 0 unspecified atom stereocenters. The lowest BCUT2D eigenvalue weighted by Crippen LogP contribution is -2.67. The Hall–Kier alpha value is -3.94. The first-order valence-corrected chi connectivity index (χ1v) is 10.8. The fourth-order valence-corrected chi connectivity index (χ4v) is 4.76. The number of rotatable bonds is 4. The number of ether oxygens (including phenoxy) is 1. The minimum absolute atomic E-state index is 0.110. The monoisotopic (exact) mass is 446 g/mol. The molecule has 168 valence electrons. The lowest BCUT2D eigenvalue weighted by molar-refractivity contribution is -0.157. The van der Waals surface area contributed by atoms with Gasteiger partial charge in [0.05, 0.1) is 11.3 Å². The maximum atomic E-state index is 13.5. The van der Waals surface area contributed by atoms with Crippen molar-refractivity contribution >= 4 is 34.4 Å². The fraction of sp³-hybridized carbons (Fsp3) is 0.280. The normalized spacial score (nSPS) is 19.6. The Labute approximate surface area is 189 Å². The van der Waals surface area contributed by atoms with Gasteiger partial charge in [0.2, 0.25) is 11.6 Å². The van der Waals surface area contributed by atoms with Gasteiger partial charge in [-0.3, -0.25) is 14.5 Å². The molecule has 5 rings (SSSR count). The van der Waals surface area contributed by atoms with Gasteiger partial charge in [0.1, 0.15) is 12.2 Å². The van der Waals surface area contributed by atoms with Crippen molar-refractivity contribution in [1.29, 1.82) is 0 Å². The fourth-order valence-electron chi connectivity index (χ4n) is 4.76. The molecule has 1 saturated heterocycles. The molecule has 0 N–H and O–H groups in total. The molecule has 3 aromatic rings. The molecule has 8 nitrogen and oxygen atoms in total. The molecule has 2 amide bonds. The van der Waals surface area contributed by atoms with E-state index in [0.29, 0.717) is 27.8 Å². The third kappa shape index (κ3) is 3.05. The largest absolute Gasteiger partial charge is 0.458 e. The molecule has 1 fully saturated rings. The van der Waals surface area contributed by atoms with Crippen molar-refractivity contribution in [1.82, 2.24) is 4.90 Å². The molecule has 2 aliphatic heterocycles. The Morgan fingerprint density at radius 3 is 2.70 bits per heavy atom. The number of anilines is 1. The number of carbonyl (C=O) groups excluding carboxylic acids is 3. The van der Waals surface area contributed by atoms with Crippen LogP contribution in [0.15, 0.2) is 57.7 Å². The molecule has 2 aliphatic rings. The molecule has 3 heterocycles. The van der Waals surface area contributed by atoms with E-state index in [1.165, 1.54) is 22.9 Å². The van der Waals surface area contributed by atoms with Crippen LogP contribution >= 0.6 is 0 Å². The van der Waals surface area contributed by atoms with Crippen molar-refractivity contribution in [3.63, 3.8) is 0 Å². The Bertz CT molecular complexity index is 1380. The van der Waals surface area contributed by atoms with Gasteiger partial charge >= 0.3 is 11.6 Å². The predicted octanol–water partition coefficient (Wildman–Crippen LogP) is 3.01. The van der Waals surface area contributed by atoms with E-state index in [-0.39, 0.29) is 31.3 Å². The van der Waals surface area contributed by atoms with Crippen LogP contribution in [0.25, 0.3) is 11.0 Å². The third-order valence-electron chi connectivity index (χ3n) is 6.53. The van der Waals surface area contributed by atoms with Crippen molar-refractivity contribution < 1.29 is 23.5 Å². The van der Waals surface area contributed by atoms with E-state index in [9.17, 15) is 19.2 Å². The Balaban J connectivity index is 1.51. The SMILES string of the molecule is CCc1ccc2c(COC(=O)[C@]34CCC(=O)N3c3ccccc3C(=O)N4C)cc(=O)oc2c1. The van der Waals surface area contributed by atoms with Gasteiger partial charge in [-0.25, -0.2) is 9.59 Å². The van der Waals surface area contributed by atoms with Crippen LogP contribution in [0.5, 0.6) is 0 Å². The Morgan fingerprint density at radius 1 is 1.12 bits per heavy atom. The maximum Gasteiger partial charge on any atom is 0.354 e. The Kier molecular flexibility index (Phi) is 4.81. The molecule has 33 heavy (non-hydrogen) atoms. The summed E-state index contributed by atoms with van der Waals surface area (Å²) in [5.41, 5.74) is 0.580. The van der Waals surface area contributed by atoms with Crippen LogP contribution in [0.1, 0.15) is 41.3 Å². The number of benzene rings is 2. The summed E-state index contributed by atoms with van der Waals surface area (Å²) >= 11 is 0. The highest BCUT2D eigenvalue weighted by atomic mass is 16.5. The van der Waals surface area contributed by atoms with E-state index < -0.39 is 17.3 Å². The van der Waals surface area contributed by atoms with Gasteiger partial charge in [0, 0.05) is 36.9 Å². The number of nitrogens with zero attached hydrogens (tertiary/aromatic N) is 2. The van der Waals surface area contributed by atoms with Gasteiger partial charge < -0.3 is 14.1 Å². The van der Waals surface area contributed by atoms with Gasteiger partial charge in [-0.05, 0) is 30.2 Å². The minimum Gasteiger partial charge on any atom is -0.458 e. The number of hydrogen-bond acceptors (Lipinski definition) is 6. The lowest BCUT2D eigenvalue weighted by atomic mass is 9.97. The van der Waals surface area contributed by atoms with Crippen LogP contribution in [0.2, 0.25) is 0 Å². The van der Waals surface area contributed by atoms with E-state index in [4.69, 9.17) is 9.15 Å². The van der Waals surface area contributed by atoms with Gasteiger partial charge in [-0.2, -0.15) is 0 Å². The van der Waals surface area contributed by atoms with E-state index >= 15 is 0 Å². The number of para-hydroxylation sites is 1. The van der Waals surface area contributed by atoms with Crippen LogP contribution in [0, 0.1) is 0 Å². The number of fused-ring (bicyclic) bond motifs is 4. The van der Waals surface area contributed by atoms with Gasteiger partial charge in [0.15, 0.2) is 0 Å². The summed E-state index contributed by atoms with van der Waals surface area (Å²) in [6.45, 7) is 1.80. The molecule has 0 radical (unpaired) electrons. The predicted molar refractivity (Wildman–Crippen MR) is 120 cm³/mol. The number of hydrogen-bond donors (Lipinski definition) is 0. The molecule has 0 saturated carbocycles. The van der Waals surface area contributed by atoms with Crippen LogP contribution in [-0.2, 0) is 27.4 Å². The zero-order valence-electron chi connectivity index (χ0n) is 18.3. The molecule has 0 bridgehead atoms. The molecule has 0 aliphatic carbocycles. The molecule has 1 aromatic heterocycles. The van der Waals surface area contributed by atoms with E-state index in [1.54, 1.807) is 30.3 Å². The van der Waals surface area contributed by atoms with E-state index in [1.807, 2.05) is 19.1 Å². The summed E-state index contributed by atoms with van der Waals surface area (Å²) in [7, 11) is 1.50. The Morgan fingerprint density at radius 2 is 1.91 bits per heavy atom. The number of esters is 1. The van der Waals surface area contributed by atoms with Gasteiger partial charge in [0.25, 0.3) is 5.91 Å². The maximum absolute atomic E-state index is 13.5. The first kappa shape index (κ1) is 20.9. The molecule has 2 aromatic carbocycles. The molecule has 8 heteroatoms. The summed E-state index contributed by atoms with van der Waals surface area (Å²) in [6.07, 6.45) is 1.02. The summed E-state index contributed by atoms with van der Waals surface area (Å²) in [4.78, 5) is 54.1. The molecular formula is C25H22N2O6. The first-order valence-electron chi connectivity index (χ1n) is 10.8. The van der Waals surface area contributed by atoms with Crippen molar-refractivity contribution in [3.05, 3.63) is 75.6 Å². The zero-order chi connectivity index (χ0) is 23.3. The molecular weight excluding hydrogens is 424 g/mol. The second kappa shape index (κ2) is 7.58. The second-order valence-corrected chi connectivity index (χ2v) is 8.28. The second-order valence-electron chi connectivity index (χ2n) is 8.28. The highest BCUT2D eigenvalue weighted by Gasteiger charge is 2.60. The highest BCUT2D eigenvalue weighted by Crippen LogP contribution is 2.44. The molecule has 1 atom stereocenters. The van der Waals surface area contributed by atoms with Crippen LogP contribution in [0.3, 0.4) is 0 Å². The minimum atomic E-state index is -1.56. The van der Waals surface area contributed by atoms with E-state index in [2.05, 4.69) is 0 Å². The van der Waals surface area contributed by atoms with Crippen molar-refractivity contribution in [3.8, 4) is 0 Å². The summed E-state index contributed by atoms with van der Waals surface area (Å²) in [6, 6.07) is 13.6. The van der Waals surface area contributed by atoms with Crippen molar-refractivity contribution in [2.24, 2.45) is 0 Å². The van der Waals surface area contributed by atoms with Gasteiger partial charge in [-0.1, -0.05) is 31.2 Å². The average molecular weight is 446 g/mol. The standard InChI is InChI=1S/C25H22N2O6/c1-3-15-8-9-17-16(13-22(29)33-20(17)12-15)14-32-24(31)25-11-10-21(28)27(25)19-7-5-4-6-18(19)23(30)26(25)2/h4-9,12-13H,3,10-11,14H2,1-2H3/t25-/m0/s1. The van der Waals surface area contributed by atoms with Crippen molar-refractivity contribution in [2.75, 3.05) is 11.9 Å². The van der Waals surface area contributed by atoms with Crippen LogP contribution < -0.4 is 10.5 Å². The quantitative estimate of drug-likeness (QED) is 0.452. The number of carbonyl (C=O) groups is 3. The molecule has 0 spiro atoms. The summed E-state index contributed by atoms with van der Waals surface area (Å²) in [5, 5.41) is 0.662. The number of likely N-dealkylation sites (N-methyl/N-ethyl adjacent to an activating group) is 1.